The van der Waals surface area contributed by atoms with Gasteiger partial charge < -0.3 is 4.74 Å². The Kier molecular flexibility index (Phi) is 4.21. The van der Waals surface area contributed by atoms with E-state index in [-0.39, 0.29) is 5.78 Å². The molecule has 0 saturated carbocycles. The molecule has 0 aromatic heterocycles. The molecule has 2 rings (SSSR count). The van der Waals surface area contributed by atoms with E-state index in [1.165, 1.54) is 0 Å². The Hall–Kier alpha value is -0.830. The van der Waals surface area contributed by atoms with Crippen LogP contribution in [0.5, 0.6) is 5.75 Å². The number of ketones is 1. The second kappa shape index (κ2) is 5.67. The van der Waals surface area contributed by atoms with Crippen molar-refractivity contribution in [2.45, 2.75) is 39.0 Å². The number of hydrogen-bond acceptors (Lipinski definition) is 2. The first-order chi connectivity index (χ1) is 8.22. The van der Waals surface area contributed by atoms with Gasteiger partial charge in [0.05, 0.1) is 11.1 Å². The van der Waals surface area contributed by atoms with Gasteiger partial charge in [-0.1, -0.05) is 6.92 Å². The van der Waals surface area contributed by atoms with E-state index < -0.39 is 0 Å². The summed E-state index contributed by atoms with van der Waals surface area (Å²) in [5.74, 6) is 1.15. The fourth-order valence-corrected chi connectivity index (χ4v) is 2.74. The highest BCUT2D eigenvalue weighted by Gasteiger charge is 2.16. The average Bonchev–Trinajstić information content (AvgIpc) is 2.54. The maximum atomic E-state index is 11.9. The van der Waals surface area contributed by atoms with Crippen LogP contribution in [0.1, 0.15) is 48.5 Å². The number of Topliss-reactive ketones (excluding diaryl/α,β-unsaturated/α-hetero) is 1. The Morgan fingerprint density at radius 3 is 3.00 bits per heavy atom. The molecule has 1 heterocycles. The predicted molar refractivity (Wildman–Crippen MR) is 71.8 cm³/mol. The summed E-state index contributed by atoms with van der Waals surface area (Å²) in [6.45, 7) is 2.80. The van der Waals surface area contributed by atoms with E-state index in [0.29, 0.717) is 6.42 Å². The van der Waals surface area contributed by atoms with Gasteiger partial charge in [-0.15, -0.1) is 0 Å². The van der Waals surface area contributed by atoms with Gasteiger partial charge in [-0.05, 0) is 59.3 Å². The van der Waals surface area contributed by atoms with Gasteiger partial charge in [-0.25, -0.2) is 0 Å². The number of aryl methyl sites for hydroxylation is 1. The molecule has 0 aliphatic carbocycles. The maximum absolute atomic E-state index is 11.9. The van der Waals surface area contributed by atoms with E-state index in [9.17, 15) is 4.79 Å². The lowest BCUT2D eigenvalue weighted by Crippen LogP contribution is -2.02. The van der Waals surface area contributed by atoms with Crippen molar-refractivity contribution in [1.29, 1.82) is 0 Å². The van der Waals surface area contributed by atoms with Crippen molar-refractivity contribution < 1.29 is 9.53 Å². The van der Waals surface area contributed by atoms with Crippen LogP contribution in [-0.4, -0.2) is 12.4 Å². The summed E-state index contributed by atoms with van der Waals surface area (Å²) in [6.07, 6.45) is 4.72. The van der Waals surface area contributed by atoms with E-state index >= 15 is 0 Å². The number of benzene rings is 1. The third-order valence-corrected chi connectivity index (χ3v) is 3.60. The lowest BCUT2D eigenvalue weighted by atomic mass is 10.0. The van der Waals surface area contributed by atoms with Crippen molar-refractivity contribution in [3.8, 4) is 5.75 Å². The zero-order valence-corrected chi connectivity index (χ0v) is 11.7. The minimum atomic E-state index is 0.222. The summed E-state index contributed by atoms with van der Waals surface area (Å²) in [7, 11) is 0. The van der Waals surface area contributed by atoms with Gasteiger partial charge in [0.25, 0.3) is 0 Å². The molecule has 1 aromatic rings. The monoisotopic (exact) mass is 296 g/mol. The van der Waals surface area contributed by atoms with Gasteiger partial charge in [-0.3, -0.25) is 4.79 Å². The molecule has 0 unspecified atom stereocenters. The molecule has 92 valence electrons. The van der Waals surface area contributed by atoms with Crippen LogP contribution in [-0.2, 0) is 6.42 Å². The quantitative estimate of drug-likeness (QED) is 0.784. The third-order valence-electron chi connectivity index (χ3n) is 3.01. The maximum Gasteiger partial charge on any atom is 0.162 e. The Balaban J connectivity index is 2.35. The van der Waals surface area contributed by atoms with Crippen molar-refractivity contribution in [2.24, 2.45) is 0 Å². The van der Waals surface area contributed by atoms with Gasteiger partial charge in [0.1, 0.15) is 5.75 Å². The summed E-state index contributed by atoms with van der Waals surface area (Å²) >= 11 is 3.51. The molecule has 17 heavy (non-hydrogen) atoms. The molecule has 0 spiro atoms. The van der Waals surface area contributed by atoms with E-state index in [1.54, 1.807) is 0 Å². The van der Waals surface area contributed by atoms with E-state index in [0.717, 1.165) is 53.6 Å². The SMILES string of the molecule is CCCC(=O)c1cc(Br)c2c(c1)CCCCO2. The second-order valence-corrected chi connectivity index (χ2v) is 5.28. The summed E-state index contributed by atoms with van der Waals surface area (Å²) in [5, 5.41) is 0. The highest BCUT2D eigenvalue weighted by molar-refractivity contribution is 9.10. The minimum Gasteiger partial charge on any atom is -0.492 e. The Bertz CT molecular complexity index is 426. The largest absolute Gasteiger partial charge is 0.492 e. The van der Waals surface area contributed by atoms with E-state index in [1.807, 2.05) is 19.1 Å². The Morgan fingerprint density at radius 1 is 1.41 bits per heavy atom. The van der Waals surface area contributed by atoms with Crippen LogP contribution < -0.4 is 4.74 Å². The van der Waals surface area contributed by atoms with Gasteiger partial charge in [-0.2, -0.15) is 0 Å². The smallest absolute Gasteiger partial charge is 0.162 e. The molecule has 0 radical (unpaired) electrons. The zero-order valence-electron chi connectivity index (χ0n) is 10.1. The normalized spacial score (nSPS) is 14.7. The molecule has 0 N–H and O–H groups in total. The summed E-state index contributed by atoms with van der Waals surface area (Å²) in [4.78, 5) is 11.9. The average molecular weight is 297 g/mol. The fourth-order valence-electron chi connectivity index (χ4n) is 2.12. The van der Waals surface area contributed by atoms with Crippen LogP contribution in [0.2, 0.25) is 0 Å². The van der Waals surface area contributed by atoms with Crippen LogP contribution in [0, 0.1) is 0 Å². The number of rotatable bonds is 3. The van der Waals surface area contributed by atoms with Gasteiger partial charge >= 0.3 is 0 Å². The highest BCUT2D eigenvalue weighted by atomic mass is 79.9. The number of carbonyl (C=O) groups is 1. The van der Waals surface area contributed by atoms with Gasteiger partial charge in [0.15, 0.2) is 5.78 Å². The molecular formula is C14H17BrO2. The van der Waals surface area contributed by atoms with Crippen LogP contribution >= 0.6 is 15.9 Å². The molecule has 0 saturated heterocycles. The van der Waals surface area contributed by atoms with Crippen molar-refractivity contribution in [3.63, 3.8) is 0 Å². The Labute approximate surface area is 110 Å². The third kappa shape index (κ3) is 2.89. The van der Waals surface area contributed by atoms with Crippen LogP contribution in [0.25, 0.3) is 0 Å². The molecule has 0 fully saturated rings. The first-order valence-corrected chi connectivity index (χ1v) is 7.00. The van der Waals surface area contributed by atoms with Gasteiger partial charge in [0.2, 0.25) is 0 Å². The molecule has 1 aliphatic heterocycles. The van der Waals surface area contributed by atoms with Crippen LogP contribution in [0.4, 0.5) is 0 Å². The lowest BCUT2D eigenvalue weighted by molar-refractivity contribution is 0.0981. The van der Waals surface area contributed by atoms with Crippen molar-refractivity contribution >= 4 is 21.7 Å². The first-order valence-electron chi connectivity index (χ1n) is 6.20. The summed E-state index contributed by atoms with van der Waals surface area (Å²) < 4.78 is 6.63. The highest BCUT2D eigenvalue weighted by Crippen LogP contribution is 2.34. The van der Waals surface area contributed by atoms with Crippen molar-refractivity contribution in [1.82, 2.24) is 0 Å². The molecule has 0 bridgehead atoms. The Morgan fingerprint density at radius 2 is 2.24 bits per heavy atom. The molecule has 0 atom stereocenters. The fraction of sp³-hybridized carbons (Fsp3) is 0.500. The number of fused-ring (bicyclic) bond motifs is 1. The first kappa shape index (κ1) is 12.6. The number of ether oxygens (including phenoxy) is 1. The van der Waals surface area contributed by atoms with Crippen molar-refractivity contribution in [3.05, 3.63) is 27.7 Å². The molecule has 1 aromatic carbocycles. The minimum absolute atomic E-state index is 0.222. The molecule has 3 heteroatoms. The number of hydrogen-bond donors (Lipinski definition) is 0. The summed E-state index contributed by atoms with van der Waals surface area (Å²) in [5.41, 5.74) is 1.97. The second-order valence-electron chi connectivity index (χ2n) is 4.43. The van der Waals surface area contributed by atoms with Crippen LogP contribution in [0.15, 0.2) is 16.6 Å². The molecule has 1 aliphatic rings. The summed E-state index contributed by atoms with van der Waals surface area (Å²) in [6, 6.07) is 3.89. The van der Waals surface area contributed by atoms with E-state index in [4.69, 9.17) is 4.74 Å². The van der Waals surface area contributed by atoms with Crippen molar-refractivity contribution in [2.75, 3.05) is 6.61 Å². The predicted octanol–water partition coefficient (Wildman–Crippen LogP) is 4.15. The standard InChI is InChI=1S/C14H17BrO2/c1-2-5-13(16)11-8-10-6-3-4-7-17-14(10)12(15)9-11/h8-9H,2-7H2,1H3. The molecule has 2 nitrogen and oxygen atoms in total. The lowest BCUT2D eigenvalue weighted by Gasteiger charge is -2.11. The zero-order chi connectivity index (χ0) is 12.3. The van der Waals surface area contributed by atoms with Crippen LogP contribution in [0.3, 0.4) is 0 Å². The van der Waals surface area contributed by atoms with Gasteiger partial charge in [0, 0.05) is 12.0 Å². The topological polar surface area (TPSA) is 26.3 Å². The molecular weight excluding hydrogens is 280 g/mol. The number of carbonyl (C=O) groups excluding carboxylic acids is 1. The molecule has 0 amide bonds. The number of halogens is 1. The van der Waals surface area contributed by atoms with E-state index in [2.05, 4.69) is 15.9 Å².